The summed E-state index contributed by atoms with van der Waals surface area (Å²) in [6, 6.07) is 0. The number of carbonyl (C=O) groups is 1. The van der Waals surface area contributed by atoms with E-state index in [0.717, 1.165) is 45.7 Å². The maximum absolute atomic E-state index is 11.4. The van der Waals surface area contributed by atoms with Gasteiger partial charge < -0.3 is 15.4 Å². The van der Waals surface area contributed by atoms with E-state index in [2.05, 4.69) is 17.6 Å². The molecule has 5 heteroatoms. The molecule has 1 rings (SSSR count). The Morgan fingerprint density at radius 2 is 2.25 bits per heavy atom. The zero-order chi connectivity index (χ0) is 10.9. The summed E-state index contributed by atoms with van der Waals surface area (Å²) in [4.78, 5) is 11.4. The van der Waals surface area contributed by atoms with Gasteiger partial charge in [-0.2, -0.15) is 0 Å². The number of carbonyl (C=O) groups excluding carboxylic acids is 1. The SMILES string of the molecule is CCNCCNC(=O)CCC1CCOC1.Cl. The quantitative estimate of drug-likeness (QED) is 0.662. The second kappa shape index (κ2) is 9.87. The summed E-state index contributed by atoms with van der Waals surface area (Å²) in [6.07, 6.45) is 2.72. The highest BCUT2D eigenvalue weighted by molar-refractivity contribution is 5.85. The van der Waals surface area contributed by atoms with Crippen molar-refractivity contribution in [2.75, 3.05) is 32.8 Å². The van der Waals surface area contributed by atoms with Crippen LogP contribution in [0.25, 0.3) is 0 Å². The van der Waals surface area contributed by atoms with Gasteiger partial charge in [-0.15, -0.1) is 12.4 Å². The molecule has 0 aliphatic carbocycles. The van der Waals surface area contributed by atoms with Crippen molar-refractivity contribution in [1.29, 1.82) is 0 Å². The summed E-state index contributed by atoms with van der Waals surface area (Å²) in [6.45, 7) is 6.30. The number of ether oxygens (including phenoxy) is 1. The van der Waals surface area contributed by atoms with Crippen LogP contribution in [0, 0.1) is 5.92 Å². The predicted octanol–water partition coefficient (Wildman–Crippen LogP) is 0.951. The van der Waals surface area contributed by atoms with Crippen LogP contribution in [0.1, 0.15) is 26.2 Å². The van der Waals surface area contributed by atoms with Crippen LogP contribution < -0.4 is 10.6 Å². The monoisotopic (exact) mass is 250 g/mol. The van der Waals surface area contributed by atoms with E-state index in [0.29, 0.717) is 12.3 Å². The second-order valence-electron chi connectivity index (χ2n) is 3.97. The molecule has 0 spiro atoms. The molecule has 1 heterocycles. The third-order valence-corrected chi connectivity index (χ3v) is 2.68. The van der Waals surface area contributed by atoms with Gasteiger partial charge in [-0.1, -0.05) is 6.92 Å². The van der Waals surface area contributed by atoms with Crippen LogP contribution in [0.3, 0.4) is 0 Å². The molecule has 1 aliphatic heterocycles. The van der Waals surface area contributed by atoms with E-state index in [4.69, 9.17) is 4.74 Å². The maximum atomic E-state index is 11.4. The van der Waals surface area contributed by atoms with Crippen LogP contribution in [-0.2, 0) is 9.53 Å². The van der Waals surface area contributed by atoms with Gasteiger partial charge in [0.15, 0.2) is 0 Å². The first-order valence-electron chi connectivity index (χ1n) is 5.88. The van der Waals surface area contributed by atoms with Crippen molar-refractivity contribution in [3.63, 3.8) is 0 Å². The molecule has 0 bridgehead atoms. The van der Waals surface area contributed by atoms with Crippen molar-refractivity contribution in [3.05, 3.63) is 0 Å². The molecule has 1 fully saturated rings. The number of likely N-dealkylation sites (N-methyl/N-ethyl adjacent to an activating group) is 1. The fraction of sp³-hybridized carbons (Fsp3) is 0.909. The van der Waals surface area contributed by atoms with E-state index in [9.17, 15) is 4.79 Å². The molecule has 4 nitrogen and oxygen atoms in total. The Morgan fingerprint density at radius 3 is 2.88 bits per heavy atom. The van der Waals surface area contributed by atoms with Crippen LogP contribution in [0.2, 0.25) is 0 Å². The third kappa shape index (κ3) is 7.04. The molecule has 0 aromatic heterocycles. The fourth-order valence-electron chi connectivity index (χ4n) is 1.70. The first-order chi connectivity index (χ1) is 7.33. The van der Waals surface area contributed by atoms with Crippen molar-refractivity contribution in [1.82, 2.24) is 10.6 Å². The first kappa shape index (κ1) is 15.7. The number of amides is 1. The lowest BCUT2D eigenvalue weighted by Gasteiger charge is -2.08. The summed E-state index contributed by atoms with van der Waals surface area (Å²) in [5.41, 5.74) is 0. The lowest BCUT2D eigenvalue weighted by molar-refractivity contribution is -0.121. The molecule has 96 valence electrons. The zero-order valence-corrected chi connectivity index (χ0v) is 10.8. The number of hydrogen-bond donors (Lipinski definition) is 2. The van der Waals surface area contributed by atoms with Gasteiger partial charge in [-0.25, -0.2) is 0 Å². The number of halogens is 1. The van der Waals surface area contributed by atoms with Gasteiger partial charge in [0.2, 0.25) is 5.91 Å². The Bertz CT molecular complexity index is 185. The van der Waals surface area contributed by atoms with Gasteiger partial charge in [-0.3, -0.25) is 4.79 Å². The molecule has 2 N–H and O–H groups in total. The van der Waals surface area contributed by atoms with Crippen LogP contribution in [0.4, 0.5) is 0 Å². The fourth-order valence-corrected chi connectivity index (χ4v) is 1.70. The molecule has 1 atom stereocenters. The van der Waals surface area contributed by atoms with Crippen LogP contribution >= 0.6 is 12.4 Å². The highest BCUT2D eigenvalue weighted by Crippen LogP contribution is 2.17. The highest BCUT2D eigenvalue weighted by Gasteiger charge is 2.16. The van der Waals surface area contributed by atoms with Crippen LogP contribution in [0.15, 0.2) is 0 Å². The minimum Gasteiger partial charge on any atom is -0.381 e. The molecular weight excluding hydrogens is 228 g/mol. The average molecular weight is 251 g/mol. The van der Waals surface area contributed by atoms with E-state index in [-0.39, 0.29) is 18.3 Å². The standard InChI is InChI=1S/C11H22N2O2.ClH/c1-2-12-6-7-13-11(14)4-3-10-5-8-15-9-10;/h10,12H,2-9H2,1H3,(H,13,14);1H. The summed E-state index contributed by atoms with van der Waals surface area (Å²) in [5.74, 6) is 0.768. The molecule has 0 aromatic rings. The lowest BCUT2D eigenvalue weighted by atomic mass is 10.0. The summed E-state index contributed by atoms with van der Waals surface area (Å²) < 4.78 is 5.26. The van der Waals surface area contributed by atoms with Crippen molar-refractivity contribution < 1.29 is 9.53 Å². The van der Waals surface area contributed by atoms with E-state index in [1.54, 1.807) is 0 Å². The maximum Gasteiger partial charge on any atom is 0.220 e. The molecule has 1 aliphatic rings. The van der Waals surface area contributed by atoms with Crippen molar-refractivity contribution in [3.8, 4) is 0 Å². The van der Waals surface area contributed by atoms with Gasteiger partial charge in [0.05, 0.1) is 0 Å². The highest BCUT2D eigenvalue weighted by atomic mass is 35.5. The molecule has 1 unspecified atom stereocenters. The summed E-state index contributed by atoms with van der Waals surface area (Å²) in [5, 5.41) is 6.07. The van der Waals surface area contributed by atoms with Crippen molar-refractivity contribution in [2.24, 2.45) is 5.92 Å². The van der Waals surface area contributed by atoms with Crippen molar-refractivity contribution >= 4 is 18.3 Å². The predicted molar refractivity (Wildman–Crippen MR) is 67.0 cm³/mol. The van der Waals surface area contributed by atoms with Gasteiger partial charge in [0, 0.05) is 32.7 Å². The van der Waals surface area contributed by atoms with Gasteiger partial charge in [0.1, 0.15) is 0 Å². The van der Waals surface area contributed by atoms with E-state index in [1.807, 2.05) is 0 Å². The summed E-state index contributed by atoms with van der Waals surface area (Å²) in [7, 11) is 0. The van der Waals surface area contributed by atoms with Gasteiger partial charge in [-0.05, 0) is 25.3 Å². The number of rotatable bonds is 7. The third-order valence-electron chi connectivity index (χ3n) is 2.68. The topological polar surface area (TPSA) is 50.4 Å². The van der Waals surface area contributed by atoms with Gasteiger partial charge in [0.25, 0.3) is 0 Å². The van der Waals surface area contributed by atoms with Crippen LogP contribution in [0.5, 0.6) is 0 Å². The normalized spacial score (nSPS) is 19.2. The van der Waals surface area contributed by atoms with E-state index < -0.39 is 0 Å². The number of hydrogen-bond acceptors (Lipinski definition) is 3. The number of nitrogens with one attached hydrogen (secondary N) is 2. The van der Waals surface area contributed by atoms with Crippen LogP contribution in [-0.4, -0.2) is 38.8 Å². The molecule has 0 radical (unpaired) electrons. The lowest BCUT2D eigenvalue weighted by Crippen LogP contribution is -2.31. The Kier molecular flexibility index (Phi) is 9.68. The minimum atomic E-state index is 0. The minimum absolute atomic E-state index is 0. The largest absolute Gasteiger partial charge is 0.381 e. The van der Waals surface area contributed by atoms with E-state index >= 15 is 0 Å². The Morgan fingerprint density at radius 1 is 1.44 bits per heavy atom. The Hall–Kier alpha value is -0.320. The molecular formula is C11H23ClN2O2. The average Bonchev–Trinajstić information content (AvgIpc) is 2.74. The molecule has 0 aromatic carbocycles. The molecule has 1 saturated heterocycles. The Labute approximate surface area is 104 Å². The summed E-state index contributed by atoms with van der Waals surface area (Å²) >= 11 is 0. The van der Waals surface area contributed by atoms with Gasteiger partial charge >= 0.3 is 0 Å². The molecule has 0 saturated carbocycles. The van der Waals surface area contributed by atoms with Crippen molar-refractivity contribution in [2.45, 2.75) is 26.2 Å². The Balaban J connectivity index is 0.00000225. The molecule has 16 heavy (non-hydrogen) atoms. The second-order valence-corrected chi connectivity index (χ2v) is 3.97. The zero-order valence-electron chi connectivity index (χ0n) is 9.96. The smallest absolute Gasteiger partial charge is 0.220 e. The first-order valence-corrected chi connectivity index (χ1v) is 5.88. The molecule has 1 amide bonds. The van der Waals surface area contributed by atoms with E-state index in [1.165, 1.54) is 0 Å².